The molecule has 2 aromatic carbocycles. The second-order valence-electron chi connectivity index (χ2n) is 8.43. The fourth-order valence-corrected chi connectivity index (χ4v) is 4.72. The molecular weight excluding hydrogens is 365 g/mol. The number of aryl methyl sites for hydroxylation is 2. The Kier molecular flexibility index (Phi) is 5.38. The van der Waals surface area contributed by atoms with Crippen molar-refractivity contribution < 1.29 is 9.18 Å². The molecule has 4 nitrogen and oxygen atoms in total. The SMILES string of the molecule is Cc1cc(-c2ccc(CC(C#N)NC(=O)C3NC4CCC3C4)cc2)cc(C)c1F. The molecule has 1 amide bonds. The number of hydrogen-bond donors (Lipinski definition) is 2. The number of fused-ring (bicyclic) bond motifs is 2. The van der Waals surface area contributed by atoms with Crippen LogP contribution in [0.15, 0.2) is 36.4 Å². The zero-order chi connectivity index (χ0) is 20.5. The minimum Gasteiger partial charge on any atom is -0.339 e. The van der Waals surface area contributed by atoms with E-state index in [1.807, 2.05) is 36.4 Å². The Morgan fingerprint density at radius 2 is 1.90 bits per heavy atom. The van der Waals surface area contributed by atoms with Gasteiger partial charge in [-0.1, -0.05) is 24.3 Å². The topological polar surface area (TPSA) is 64.9 Å². The van der Waals surface area contributed by atoms with Crippen LogP contribution >= 0.6 is 0 Å². The molecular formula is C24H26FN3O. The van der Waals surface area contributed by atoms with Crippen molar-refractivity contribution in [3.63, 3.8) is 0 Å². The minimum atomic E-state index is -0.551. The third kappa shape index (κ3) is 4.04. The van der Waals surface area contributed by atoms with Crippen LogP contribution in [0.3, 0.4) is 0 Å². The van der Waals surface area contributed by atoms with Gasteiger partial charge in [-0.05, 0) is 79.0 Å². The van der Waals surface area contributed by atoms with Crippen molar-refractivity contribution in [2.75, 3.05) is 0 Å². The number of halogens is 1. The summed E-state index contributed by atoms with van der Waals surface area (Å²) in [5, 5.41) is 15.8. The van der Waals surface area contributed by atoms with Gasteiger partial charge in [-0.15, -0.1) is 0 Å². The van der Waals surface area contributed by atoms with E-state index in [1.165, 1.54) is 0 Å². The molecule has 5 heteroatoms. The van der Waals surface area contributed by atoms with Crippen molar-refractivity contribution in [3.05, 3.63) is 58.9 Å². The second kappa shape index (κ2) is 7.96. The van der Waals surface area contributed by atoms with Crippen LogP contribution in [0, 0.1) is 36.9 Å². The molecule has 1 saturated carbocycles. The highest BCUT2D eigenvalue weighted by atomic mass is 19.1. The van der Waals surface area contributed by atoms with Gasteiger partial charge in [0.2, 0.25) is 5.91 Å². The first-order valence-corrected chi connectivity index (χ1v) is 10.3. The summed E-state index contributed by atoms with van der Waals surface area (Å²) in [6.07, 6.45) is 3.77. The predicted molar refractivity (Wildman–Crippen MR) is 111 cm³/mol. The van der Waals surface area contributed by atoms with Gasteiger partial charge >= 0.3 is 0 Å². The fourth-order valence-electron chi connectivity index (χ4n) is 4.72. The summed E-state index contributed by atoms with van der Waals surface area (Å²) in [5.41, 5.74) is 4.22. The molecule has 2 bridgehead atoms. The molecule has 1 saturated heterocycles. The minimum absolute atomic E-state index is 0.0577. The van der Waals surface area contributed by atoms with E-state index in [1.54, 1.807) is 13.8 Å². The van der Waals surface area contributed by atoms with E-state index in [9.17, 15) is 14.4 Å². The third-order valence-corrected chi connectivity index (χ3v) is 6.28. The average molecular weight is 391 g/mol. The Balaban J connectivity index is 1.41. The van der Waals surface area contributed by atoms with E-state index in [4.69, 9.17) is 0 Å². The summed E-state index contributed by atoms with van der Waals surface area (Å²) in [4.78, 5) is 12.6. The molecule has 0 spiro atoms. The first-order chi connectivity index (χ1) is 13.9. The molecule has 29 heavy (non-hydrogen) atoms. The molecule has 1 aliphatic carbocycles. The Labute approximate surface area is 171 Å². The van der Waals surface area contributed by atoms with Gasteiger partial charge in [-0.3, -0.25) is 4.79 Å². The van der Waals surface area contributed by atoms with Gasteiger partial charge in [0, 0.05) is 12.5 Å². The van der Waals surface area contributed by atoms with Crippen molar-refractivity contribution in [2.45, 2.75) is 57.7 Å². The van der Waals surface area contributed by atoms with Gasteiger partial charge in [-0.25, -0.2) is 4.39 Å². The van der Waals surface area contributed by atoms with Crippen molar-refractivity contribution >= 4 is 5.91 Å². The summed E-state index contributed by atoms with van der Waals surface area (Å²) in [7, 11) is 0. The van der Waals surface area contributed by atoms with Crippen molar-refractivity contribution in [1.82, 2.24) is 10.6 Å². The molecule has 0 radical (unpaired) electrons. The van der Waals surface area contributed by atoms with Crippen LogP contribution in [-0.2, 0) is 11.2 Å². The Hall–Kier alpha value is -2.71. The molecule has 0 aromatic heterocycles. The maximum atomic E-state index is 13.9. The number of nitrogens with zero attached hydrogens (tertiary/aromatic N) is 1. The smallest absolute Gasteiger partial charge is 0.238 e. The number of benzene rings is 2. The van der Waals surface area contributed by atoms with E-state index in [0.717, 1.165) is 36.0 Å². The van der Waals surface area contributed by atoms with E-state index >= 15 is 0 Å². The molecule has 1 aliphatic heterocycles. The van der Waals surface area contributed by atoms with Crippen LogP contribution in [0.5, 0.6) is 0 Å². The zero-order valence-corrected chi connectivity index (χ0v) is 16.8. The third-order valence-electron chi connectivity index (χ3n) is 6.28. The molecule has 4 rings (SSSR count). The zero-order valence-electron chi connectivity index (χ0n) is 16.8. The molecule has 4 atom stereocenters. The lowest BCUT2D eigenvalue weighted by molar-refractivity contribution is -0.124. The number of piperidine rings is 1. The van der Waals surface area contributed by atoms with Gasteiger partial charge < -0.3 is 10.6 Å². The molecule has 2 aromatic rings. The van der Waals surface area contributed by atoms with Gasteiger partial charge in [0.25, 0.3) is 0 Å². The van der Waals surface area contributed by atoms with E-state index in [2.05, 4.69) is 16.7 Å². The van der Waals surface area contributed by atoms with Crippen LogP contribution in [-0.4, -0.2) is 24.0 Å². The monoisotopic (exact) mass is 391 g/mol. The standard InChI is InChI=1S/C24H26FN3O/c1-14-9-19(10-15(2)22(14)25)17-5-3-16(4-6-17)11-21(13-26)28-24(29)23-18-7-8-20(12-18)27-23/h3-6,9-10,18,20-21,23,27H,7-8,11-12H2,1-2H3,(H,28,29). The van der Waals surface area contributed by atoms with E-state index in [-0.39, 0.29) is 17.8 Å². The lowest BCUT2D eigenvalue weighted by Gasteiger charge is -2.23. The fraction of sp³-hybridized carbons (Fsp3) is 0.417. The summed E-state index contributed by atoms with van der Waals surface area (Å²) in [6, 6.07) is 13.6. The van der Waals surface area contributed by atoms with Crippen LogP contribution < -0.4 is 10.6 Å². The number of carbonyl (C=O) groups is 1. The first kappa shape index (κ1) is 19.6. The number of amides is 1. The maximum Gasteiger partial charge on any atom is 0.238 e. The lowest BCUT2D eigenvalue weighted by atomic mass is 9.97. The normalized spacial score (nSPS) is 23.6. The highest BCUT2D eigenvalue weighted by Gasteiger charge is 2.43. The van der Waals surface area contributed by atoms with Gasteiger partial charge in [0.1, 0.15) is 11.9 Å². The number of rotatable bonds is 5. The Morgan fingerprint density at radius 3 is 2.45 bits per heavy atom. The summed E-state index contributed by atoms with van der Waals surface area (Å²) in [5.74, 6) is 0.182. The van der Waals surface area contributed by atoms with Crippen molar-refractivity contribution in [1.29, 1.82) is 5.26 Å². The van der Waals surface area contributed by atoms with Gasteiger partial charge in [-0.2, -0.15) is 5.26 Å². The number of carbonyl (C=O) groups excluding carboxylic acids is 1. The summed E-state index contributed by atoms with van der Waals surface area (Å²) < 4.78 is 13.9. The lowest BCUT2D eigenvalue weighted by Crippen LogP contribution is -2.50. The quantitative estimate of drug-likeness (QED) is 0.815. The largest absolute Gasteiger partial charge is 0.339 e. The summed E-state index contributed by atoms with van der Waals surface area (Å²) in [6.45, 7) is 3.54. The molecule has 4 unspecified atom stereocenters. The van der Waals surface area contributed by atoms with Crippen LogP contribution in [0.2, 0.25) is 0 Å². The van der Waals surface area contributed by atoms with Crippen LogP contribution in [0.4, 0.5) is 4.39 Å². The van der Waals surface area contributed by atoms with Gasteiger partial charge in [0.15, 0.2) is 0 Å². The average Bonchev–Trinajstić information content (AvgIpc) is 3.35. The highest BCUT2D eigenvalue weighted by Crippen LogP contribution is 2.35. The highest BCUT2D eigenvalue weighted by molar-refractivity contribution is 5.83. The molecule has 2 fully saturated rings. The summed E-state index contributed by atoms with van der Waals surface area (Å²) >= 11 is 0. The maximum absolute atomic E-state index is 13.9. The van der Waals surface area contributed by atoms with Crippen molar-refractivity contribution in [2.24, 2.45) is 5.92 Å². The van der Waals surface area contributed by atoms with Gasteiger partial charge in [0.05, 0.1) is 12.1 Å². The number of nitrogens with one attached hydrogen (secondary N) is 2. The van der Waals surface area contributed by atoms with E-state index in [0.29, 0.717) is 29.5 Å². The van der Waals surface area contributed by atoms with Crippen LogP contribution in [0.25, 0.3) is 11.1 Å². The molecule has 2 N–H and O–H groups in total. The number of nitriles is 1. The van der Waals surface area contributed by atoms with E-state index < -0.39 is 6.04 Å². The Morgan fingerprint density at radius 1 is 1.21 bits per heavy atom. The molecule has 1 heterocycles. The number of hydrogen-bond acceptors (Lipinski definition) is 3. The first-order valence-electron chi connectivity index (χ1n) is 10.3. The predicted octanol–water partition coefficient (Wildman–Crippen LogP) is 3.80. The van der Waals surface area contributed by atoms with Crippen LogP contribution in [0.1, 0.15) is 36.0 Å². The molecule has 2 aliphatic rings. The second-order valence-corrected chi connectivity index (χ2v) is 8.43. The molecule has 150 valence electrons. The Bertz CT molecular complexity index is 940. The van der Waals surface area contributed by atoms with Crippen molar-refractivity contribution in [3.8, 4) is 17.2 Å².